The van der Waals surface area contributed by atoms with E-state index in [4.69, 9.17) is 9.84 Å². The average Bonchev–Trinajstić information content (AvgIpc) is 2.38. The van der Waals surface area contributed by atoms with E-state index >= 15 is 0 Å². The van der Waals surface area contributed by atoms with Crippen molar-refractivity contribution >= 4 is 6.09 Å². The second-order valence-corrected chi connectivity index (χ2v) is 4.28. The highest BCUT2D eigenvalue weighted by Crippen LogP contribution is 2.30. The van der Waals surface area contributed by atoms with Crippen LogP contribution >= 0.6 is 0 Å². The van der Waals surface area contributed by atoms with Gasteiger partial charge in [0, 0.05) is 6.54 Å². The molecule has 1 aromatic rings. The predicted molar refractivity (Wildman–Crippen MR) is 63.6 cm³/mol. The summed E-state index contributed by atoms with van der Waals surface area (Å²) in [6, 6.07) is 5.93. The van der Waals surface area contributed by atoms with Gasteiger partial charge in [-0.2, -0.15) is 0 Å². The third-order valence-corrected chi connectivity index (χ3v) is 3.34. The molecule has 0 saturated heterocycles. The summed E-state index contributed by atoms with van der Waals surface area (Å²) in [5.41, 5.74) is 3.27. The van der Waals surface area contributed by atoms with Crippen LogP contribution in [0.3, 0.4) is 0 Å². The number of nitrogens with zero attached hydrogens (tertiary/aromatic N) is 1. The molecule has 17 heavy (non-hydrogen) atoms. The zero-order chi connectivity index (χ0) is 12.4. The number of carbonyl (C=O) groups is 1. The summed E-state index contributed by atoms with van der Waals surface area (Å²) < 4.78 is 4.77. The number of amides is 1. The monoisotopic (exact) mass is 235 g/mol. The van der Waals surface area contributed by atoms with E-state index in [1.165, 1.54) is 12.7 Å². The van der Waals surface area contributed by atoms with Crippen LogP contribution in [-0.4, -0.2) is 29.8 Å². The quantitative estimate of drug-likeness (QED) is 0.808. The van der Waals surface area contributed by atoms with Crippen molar-refractivity contribution in [1.29, 1.82) is 0 Å². The van der Waals surface area contributed by atoms with Gasteiger partial charge in [-0.25, -0.2) is 4.79 Å². The van der Waals surface area contributed by atoms with E-state index in [0.717, 1.165) is 17.5 Å². The molecule has 0 spiro atoms. The molecule has 1 amide bonds. The molecule has 1 N–H and O–H groups in total. The Morgan fingerprint density at radius 2 is 2.35 bits per heavy atom. The van der Waals surface area contributed by atoms with Crippen LogP contribution < -0.4 is 0 Å². The minimum absolute atomic E-state index is 0.0268. The van der Waals surface area contributed by atoms with Crippen molar-refractivity contribution in [3.63, 3.8) is 0 Å². The Morgan fingerprint density at radius 3 is 3.00 bits per heavy atom. The zero-order valence-corrected chi connectivity index (χ0v) is 10.1. The van der Waals surface area contributed by atoms with Gasteiger partial charge in [-0.1, -0.05) is 18.2 Å². The van der Waals surface area contributed by atoms with Crippen LogP contribution in [0.5, 0.6) is 0 Å². The number of aliphatic hydroxyl groups excluding tert-OH is 1. The molecule has 92 valence electrons. The molecular weight excluding hydrogens is 218 g/mol. The van der Waals surface area contributed by atoms with Crippen LogP contribution in [0.2, 0.25) is 0 Å². The van der Waals surface area contributed by atoms with Crippen molar-refractivity contribution in [2.45, 2.75) is 26.0 Å². The lowest BCUT2D eigenvalue weighted by atomic mass is 9.92. The largest absolute Gasteiger partial charge is 0.453 e. The third kappa shape index (κ3) is 2.13. The van der Waals surface area contributed by atoms with Crippen LogP contribution in [0.1, 0.15) is 29.7 Å². The first-order chi connectivity index (χ1) is 8.17. The molecule has 1 aliphatic heterocycles. The second-order valence-electron chi connectivity index (χ2n) is 4.28. The highest BCUT2D eigenvalue weighted by molar-refractivity contribution is 5.68. The number of hydrogen-bond donors (Lipinski definition) is 1. The van der Waals surface area contributed by atoms with E-state index in [-0.39, 0.29) is 18.7 Å². The molecule has 0 bridgehead atoms. The summed E-state index contributed by atoms with van der Waals surface area (Å²) in [6.45, 7) is 2.71. The van der Waals surface area contributed by atoms with Crippen molar-refractivity contribution in [2.24, 2.45) is 0 Å². The number of benzene rings is 1. The summed E-state index contributed by atoms with van der Waals surface area (Å²) in [4.78, 5) is 13.3. The topological polar surface area (TPSA) is 49.8 Å². The molecule has 1 heterocycles. The second kappa shape index (κ2) is 4.75. The zero-order valence-electron chi connectivity index (χ0n) is 10.1. The van der Waals surface area contributed by atoms with E-state index < -0.39 is 0 Å². The fourth-order valence-electron chi connectivity index (χ4n) is 2.35. The maximum absolute atomic E-state index is 11.6. The van der Waals surface area contributed by atoms with Crippen LogP contribution in [0.4, 0.5) is 4.79 Å². The minimum Gasteiger partial charge on any atom is -0.453 e. The first-order valence-electron chi connectivity index (χ1n) is 5.74. The average molecular weight is 235 g/mol. The Balaban J connectivity index is 2.30. The van der Waals surface area contributed by atoms with Crippen molar-refractivity contribution < 1.29 is 14.6 Å². The molecule has 2 rings (SSSR count). The van der Waals surface area contributed by atoms with Crippen LogP contribution in [0.25, 0.3) is 0 Å². The third-order valence-electron chi connectivity index (χ3n) is 3.34. The Morgan fingerprint density at radius 1 is 1.59 bits per heavy atom. The number of rotatable bonds is 1. The molecule has 0 aromatic heterocycles. The number of aliphatic hydroxyl groups is 1. The van der Waals surface area contributed by atoms with Gasteiger partial charge in [-0.3, -0.25) is 0 Å². The molecule has 4 nitrogen and oxygen atoms in total. The fourth-order valence-corrected chi connectivity index (χ4v) is 2.35. The van der Waals surface area contributed by atoms with Gasteiger partial charge in [0.1, 0.15) is 0 Å². The summed E-state index contributed by atoms with van der Waals surface area (Å²) >= 11 is 0. The first-order valence-corrected chi connectivity index (χ1v) is 5.74. The molecule has 0 radical (unpaired) electrons. The first kappa shape index (κ1) is 11.9. The highest BCUT2D eigenvalue weighted by Gasteiger charge is 2.27. The van der Waals surface area contributed by atoms with Gasteiger partial charge >= 0.3 is 6.09 Å². The van der Waals surface area contributed by atoms with Gasteiger partial charge in [0.05, 0.1) is 19.8 Å². The van der Waals surface area contributed by atoms with Gasteiger partial charge in [-0.15, -0.1) is 0 Å². The van der Waals surface area contributed by atoms with Gasteiger partial charge < -0.3 is 14.7 Å². The number of fused-ring (bicyclic) bond motifs is 1. The normalized spacial score (nSPS) is 18.8. The molecule has 1 aliphatic rings. The highest BCUT2D eigenvalue weighted by atomic mass is 16.5. The van der Waals surface area contributed by atoms with Gasteiger partial charge in [0.2, 0.25) is 0 Å². The number of methoxy groups -OCH3 is 1. The van der Waals surface area contributed by atoms with E-state index in [9.17, 15) is 4.79 Å². The summed E-state index contributed by atoms with van der Waals surface area (Å²) in [5.74, 6) is 0. The Hall–Kier alpha value is -1.55. The van der Waals surface area contributed by atoms with Crippen molar-refractivity contribution in [3.05, 3.63) is 34.9 Å². The maximum atomic E-state index is 11.6. The smallest absolute Gasteiger partial charge is 0.409 e. The lowest BCUT2D eigenvalue weighted by molar-refractivity contribution is 0.105. The number of carbonyl (C=O) groups excluding carboxylic acids is 1. The van der Waals surface area contributed by atoms with Gasteiger partial charge in [-0.05, 0) is 30.0 Å². The molecule has 1 unspecified atom stereocenters. The molecule has 4 heteroatoms. The van der Waals surface area contributed by atoms with E-state index in [2.05, 4.69) is 0 Å². The van der Waals surface area contributed by atoms with E-state index in [1.54, 1.807) is 4.90 Å². The molecule has 0 aliphatic carbocycles. The van der Waals surface area contributed by atoms with Crippen LogP contribution in [0, 0.1) is 0 Å². The Kier molecular flexibility index (Phi) is 3.33. The Bertz CT molecular complexity index is 431. The summed E-state index contributed by atoms with van der Waals surface area (Å²) in [5, 5.41) is 9.10. The van der Waals surface area contributed by atoms with Gasteiger partial charge in [0.25, 0.3) is 0 Å². The fraction of sp³-hybridized carbons (Fsp3) is 0.462. The summed E-state index contributed by atoms with van der Waals surface area (Å²) in [6.07, 6.45) is 0.525. The SMILES string of the molecule is COC(=O)N1CCc2cc(CO)ccc2C1C. The van der Waals surface area contributed by atoms with E-state index in [0.29, 0.717) is 6.54 Å². The standard InChI is InChI=1S/C13H17NO3/c1-9-12-4-3-10(8-15)7-11(12)5-6-14(9)13(16)17-2/h3-4,7,9,15H,5-6,8H2,1-2H3. The van der Waals surface area contributed by atoms with Gasteiger partial charge in [0.15, 0.2) is 0 Å². The lowest BCUT2D eigenvalue weighted by Crippen LogP contribution is -2.38. The van der Waals surface area contributed by atoms with Crippen LogP contribution in [0.15, 0.2) is 18.2 Å². The number of hydrogen-bond acceptors (Lipinski definition) is 3. The van der Waals surface area contributed by atoms with Crippen molar-refractivity contribution in [2.75, 3.05) is 13.7 Å². The molecular formula is C13H17NO3. The molecule has 1 atom stereocenters. The number of ether oxygens (including phenoxy) is 1. The maximum Gasteiger partial charge on any atom is 0.409 e. The predicted octanol–water partition coefficient (Wildman–Crippen LogP) is 1.86. The Labute approximate surface area is 101 Å². The minimum atomic E-state index is -0.283. The lowest BCUT2D eigenvalue weighted by Gasteiger charge is -2.34. The van der Waals surface area contributed by atoms with Crippen molar-refractivity contribution in [1.82, 2.24) is 4.90 Å². The van der Waals surface area contributed by atoms with Crippen LogP contribution in [-0.2, 0) is 17.8 Å². The van der Waals surface area contributed by atoms with Crippen molar-refractivity contribution in [3.8, 4) is 0 Å². The summed E-state index contributed by atoms with van der Waals surface area (Å²) in [7, 11) is 1.40. The molecule has 1 aromatic carbocycles. The molecule has 0 fully saturated rings. The van der Waals surface area contributed by atoms with E-state index in [1.807, 2.05) is 25.1 Å². The molecule has 0 saturated carbocycles.